The molecule has 0 aliphatic rings. The van der Waals surface area contributed by atoms with Crippen LogP contribution in [0.3, 0.4) is 0 Å². The monoisotopic (exact) mass is 278 g/mol. The van der Waals surface area contributed by atoms with Crippen molar-refractivity contribution in [3.05, 3.63) is 14.3 Å². The van der Waals surface area contributed by atoms with Crippen molar-refractivity contribution in [2.75, 3.05) is 0 Å². The summed E-state index contributed by atoms with van der Waals surface area (Å²) < 4.78 is 4.33. The molecular weight excluding hydrogens is 274 g/mol. The highest BCUT2D eigenvalue weighted by Gasteiger charge is 2.04. The minimum Gasteiger partial charge on any atom is -0.142 e. The van der Waals surface area contributed by atoms with Crippen molar-refractivity contribution in [1.29, 1.82) is 0 Å². The van der Waals surface area contributed by atoms with Gasteiger partial charge in [0.1, 0.15) is 7.85 Å². The molecular formula is C6H4BIS2. The second-order valence-corrected chi connectivity index (χ2v) is 5.08. The molecule has 0 nitrogen and oxygen atoms in total. The molecule has 0 radical (unpaired) electrons. The zero-order chi connectivity index (χ0) is 7.14. The Kier molecular flexibility index (Phi) is 1.78. The highest BCUT2D eigenvalue weighted by Crippen LogP contribution is 2.29. The zero-order valence-electron chi connectivity index (χ0n) is 5.35. The maximum atomic E-state index is 2.39. The maximum absolute atomic E-state index is 2.39. The minimum absolute atomic E-state index is 1.40. The van der Waals surface area contributed by atoms with Gasteiger partial charge in [-0.15, -0.1) is 22.7 Å². The molecule has 0 fully saturated rings. The number of rotatable bonds is 0. The molecule has 0 aliphatic carbocycles. The number of hydrogen-bond acceptors (Lipinski definition) is 2. The molecule has 2 aromatic rings. The second-order valence-electron chi connectivity index (χ2n) is 2.16. The highest BCUT2D eigenvalue weighted by molar-refractivity contribution is 14.1. The topological polar surface area (TPSA) is 0 Å². The van der Waals surface area contributed by atoms with Crippen LogP contribution in [0.5, 0.6) is 0 Å². The molecule has 4 heteroatoms. The SMILES string of the molecule is Bc1csc2c(I)csc12. The van der Waals surface area contributed by atoms with E-state index >= 15 is 0 Å². The van der Waals surface area contributed by atoms with Gasteiger partial charge in [-0.1, -0.05) is 5.46 Å². The van der Waals surface area contributed by atoms with Gasteiger partial charge in [-0.25, -0.2) is 0 Å². The standard InChI is InChI=1S/C6H4BIS2/c7-3-1-9-6-4(8)2-10-5(3)6/h1-2H,7H2. The predicted octanol–water partition coefficient (Wildman–Crippen LogP) is 1.83. The highest BCUT2D eigenvalue weighted by atomic mass is 127. The molecule has 0 aliphatic heterocycles. The van der Waals surface area contributed by atoms with Crippen LogP contribution in [0.4, 0.5) is 0 Å². The van der Waals surface area contributed by atoms with Crippen molar-refractivity contribution < 1.29 is 0 Å². The van der Waals surface area contributed by atoms with Crippen LogP contribution in [0.25, 0.3) is 9.40 Å². The Balaban J connectivity index is 2.95. The van der Waals surface area contributed by atoms with Crippen LogP contribution in [0.2, 0.25) is 0 Å². The van der Waals surface area contributed by atoms with Crippen LogP contribution in [-0.2, 0) is 0 Å². The summed E-state index contributed by atoms with van der Waals surface area (Å²) in [6.45, 7) is 0. The summed E-state index contributed by atoms with van der Waals surface area (Å²) in [4.78, 5) is 0. The van der Waals surface area contributed by atoms with Crippen LogP contribution in [0.15, 0.2) is 10.8 Å². The molecule has 0 unspecified atom stereocenters. The van der Waals surface area contributed by atoms with Crippen molar-refractivity contribution >= 4 is 68.0 Å². The summed E-state index contributed by atoms with van der Waals surface area (Å²) in [7, 11) is 2.17. The summed E-state index contributed by atoms with van der Waals surface area (Å²) in [5, 5.41) is 4.44. The van der Waals surface area contributed by atoms with Crippen molar-refractivity contribution in [1.82, 2.24) is 0 Å². The molecule has 2 heterocycles. The normalized spacial score (nSPS) is 10.9. The van der Waals surface area contributed by atoms with Gasteiger partial charge < -0.3 is 0 Å². The van der Waals surface area contributed by atoms with Crippen molar-refractivity contribution in [3.8, 4) is 0 Å². The number of thiophene rings is 2. The van der Waals surface area contributed by atoms with Crippen LogP contribution in [0, 0.1) is 3.57 Å². The molecule has 0 atom stereocenters. The maximum Gasteiger partial charge on any atom is 0.142 e. The van der Waals surface area contributed by atoms with E-state index in [-0.39, 0.29) is 0 Å². The predicted molar refractivity (Wildman–Crippen MR) is 60.6 cm³/mol. The number of halogens is 1. The van der Waals surface area contributed by atoms with Gasteiger partial charge >= 0.3 is 0 Å². The fourth-order valence-electron chi connectivity index (χ4n) is 0.909. The molecule has 0 aromatic carbocycles. The van der Waals surface area contributed by atoms with E-state index in [4.69, 9.17) is 0 Å². The zero-order valence-corrected chi connectivity index (χ0v) is 9.14. The molecule has 10 heavy (non-hydrogen) atoms. The summed E-state index contributed by atoms with van der Waals surface area (Å²) in [6, 6.07) is 0. The van der Waals surface area contributed by atoms with E-state index in [0.29, 0.717) is 0 Å². The molecule has 0 bridgehead atoms. The Hall–Kier alpha value is 0.455. The average molecular weight is 278 g/mol. The summed E-state index contributed by atoms with van der Waals surface area (Å²) in [6.07, 6.45) is 0. The van der Waals surface area contributed by atoms with Gasteiger partial charge in [0.05, 0.1) is 4.70 Å². The number of fused-ring (bicyclic) bond motifs is 1. The Morgan fingerprint density at radius 2 is 1.90 bits per heavy atom. The fraction of sp³-hybridized carbons (Fsp3) is 0. The summed E-state index contributed by atoms with van der Waals surface area (Å²) in [5.41, 5.74) is 1.42. The molecule has 2 aromatic heterocycles. The Morgan fingerprint density at radius 3 is 2.60 bits per heavy atom. The van der Waals surface area contributed by atoms with Crippen LogP contribution in [-0.4, -0.2) is 7.85 Å². The molecule has 0 saturated heterocycles. The van der Waals surface area contributed by atoms with Gasteiger partial charge in [0, 0.05) is 13.7 Å². The first-order chi connectivity index (χ1) is 4.79. The first-order valence-corrected chi connectivity index (χ1v) is 5.73. The minimum atomic E-state index is 1.40. The summed E-state index contributed by atoms with van der Waals surface area (Å²) >= 11 is 6.09. The first kappa shape index (κ1) is 7.12. The molecule has 0 spiro atoms. The van der Waals surface area contributed by atoms with Crippen molar-refractivity contribution in [2.45, 2.75) is 0 Å². The van der Waals surface area contributed by atoms with Crippen LogP contribution in [0.1, 0.15) is 0 Å². The Morgan fingerprint density at radius 1 is 1.20 bits per heavy atom. The van der Waals surface area contributed by atoms with Crippen molar-refractivity contribution in [2.24, 2.45) is 0 Å². The van der Waals surface area contributed by atoms with E-state index in [1.54, 1.807) is 0 Å². The lowest BCUT2D eigenvalue weighted by Crippen LogP contribution is -1.93. The second kappa shape index (κ2) is 2.50. The summed E-state index contributed by atoms with van der Waals surface area (Å²) in [5.74, 6) is 0. The van der Waals surface area contributed by atoms with Gasteiger partial charge in [-0.3, -0.25) is 0 Å². The van der Waals surface area contributed by atoms with E-state index < -0.39 is 0 Å². The fourth-order valence-corrected chi connectivity index (χ4v) is 4.22. The van der Waals surface area contributed by atoms with Gasteiger partial charge in [0.2, 0.25) is 0 Å². The van der Waals surface area contributed by atoms with Gasteiger partial charge in [0.25, 0.3) is 0 Å². The quantitative estimate of drug-likeness (QED) is 0.509. The van der Waals surface area contributed by atoms with E-state index in [1.807, 2.05) is 22.7 Å². The molecule has 50 valence electrons. The number of hydrogen-bond donors (Lipinski definition) is 0. The smallest absolute Gasteiger partial charge is 0.142 e. The average Bonchev–Trinajstić information content (AvgIpc) is 2.41. The first-order valence-electron chi connectivity index (χ1n) is 2.90. The van der Waals surface area contributed by atoms with E-state index in [1.165, 1.54) is 18.4 Å². The lowest BCUT2D eigenvalue weighted by atomic mass is 10.0. The third-order valence-electron chi connectivity index (χ3n) is 1.42. The lowest BCUT2D eigenvalue weighted by Gasteiger charge is -1.76. The lowest BCUT2D eigenvalue weighted by molar-refractivity contribution is 2.08. The molecule has 0 N–H and O–H groups in total. The third-order valence-corrected chi connectivity index (χ3v) is 5.43. The van der Waals surface area contributed by atoms with E-state index in [0.717, 1.165) is 0 Å². The van der Waals surface area contributed by atoms with E-state index in [9.17, 15) is 0 Å². The largest absolute Gasteiger partial charge is 0.142 e. The van der Waals surface area contributed by atoms with Gasteiger partial charge in [-0.2, -0.15) is 0 Å². The van der Waals surface area contributed by atoms with Gasteiger partial charge in [0.15, 0.2) is 0 Å². The van der Waals surface area contributed by atoms with Crippen molar-refractivity contribution in [3.63, 3.8) is 0 Å². The third kappa shape index (κ3) is 0.932. The Labute approximate surface area is 81.8 Å². The molecule has 0 amide bonds. The Bertz CT molecular complexity index is 327. The van der Waals surface area contributed by atoms with Gasteiger partial charge in [-0.05, 0) is 28.0 Å². The molecule has 2 rings (SSSR count). The van der Waals surface area contributed by atoms with Crippen LogP contribution >= 0.6 is 45.3 Å². The molecule has 0 saturated carbocycles. The van der Waals surface area contributed by atoms with Crippen LogP contribution < -0.4 is 5.46 Å². The van der Waals surface area contributed by atoms with E-state index in [2.05, 4.69) is 41.2 Å².